The van der Waals surface area contributed by atoms with E-state index in [0.29, 0.717) is 0 Å². The van der Waals surface area contributed by atoms with Crippen molar-refractivity contribution < 1.29 is 4.79 Å². The predicted molar refractivity (Wildman–Crippen MR) is 112 cm³/mol. The quantitative estimate of drug-likeness (QED) is 0.762. The second-order valence-electron chi connectivity index (χ2n) is 8.49. The zero-order valence-electron chi connectivity index (χ0n) is 17.1. The van der Waals surface area contributed by atoms with Crippen molar-refractivity contribution >= 4 is 5.91 Å². The average Bonchev–Trinajstić information content (AvgIpc) is 3.02. The van der Waals surface area contributed by atoms with Crippen molar-refractivity contribution in [3.63, 3.8) is 0 Å². The zero-order chi connectivity index (χ0) is 19.5. The third-order valence-electron chi connectivity index (χ3n) is 6.13. The van der Waals surface area contributed by atoms with Crippen LogP contribution in [0.3, 0.4) is 0 Å². The van der Waals surface area contributed by atoms with Crippen molar-refractivity contribution in [2.75, 3.05) is 27.2 Å². The highest BCUT2D eigenvalue weighted by molar-refractivity contribution is 5.91. The second kappa shape index (κ2) is 7.85. The lowest BCUT2D eigenvalue weighted by atomic mass is 9.70. The summed E-state index contributed by atoms with van der Waals surface area (Å²) in [7, 11) is 3.73. The highest BCUT2D eigenvalue weighted by Crippen LogP contribution is 2.39. The van der Waals surface area contributed by atoms with Crippen LogP contribution in [-0.2, 0) is 10.2 Å². The monoisotopic (exact) mass is 364 g/mol. The van der Waals surface area contributed by atoms with Gasteiger partial charge in [0.2, 0.25) is 5.91 Å². The Balaban J connectivity index is 2.07. The smallest absolute Gasteiger partial charge is 0.237 e. The van der Waals surface area contributed by atoms with Gasteiger partial charge in [0.05, 0.1) is 0 Å². The van der Waals surface area contributed by atoms with Gasteiger partial charge in [0.25, 0.3) is 0 Å². The number of carbonyl (C=O) groups is 1. The first-order chi connectivity index (χ1) is 12.9. The van der Waals surface area contributed by atoms with Gasteiger partial charge in [-0.3, -0.25) is 9.69 Å². The van der Waals surface area contributed by atoms with Gasteiger partial charge >= 0.3 is 0 Å². The summed E-state index contributed by atoms with van der Waals surface area (Å²) < 4.78 is 0. The average molecular weight is 365 g/mol. The van der Waals surface area contributed by atoms with Gasteiger partial charge in [0, 0.05) is 26.2 Å². The SMILES string of the molecule is CN(C)C(=O)C(CCN1CCCC1(C)C)(c1ccccc1)c1ccccc1. The predicted octanol–water partition coefficient (Wildman–Crippen LogP) is 4.33. The van der Waals surface area contributed by atoms with Gasteiger partial charge in [-0.2, -0.15) is 0 Å². The van der Waals surface area contributed by atoms with Crippen molar-refractivity contribution in [3.05, 3.63) is 71.8 Å². The summed E-state index contributed by atoms with van der Waals surface area (Å²) in [5, 5.41) is 0. The molecule has 0 unspecified atom stereocenters. The van der Waals surface area contributed by atoms with Gasteiger partial charge in [-0.05, 0) is 50.8 Å². The molecule has 1 aliphatic rings. The molecule has 1 aliphatic heterocycles. The minimum Gasteiger partial charge on any atom is -0.348 e. The fraction of sp³-hybridized carbons (Fsp3) is 0.458. The van der Waals surface area contributed by atoms with Crippen LogP contribution < -0.4 is 0 Å². The number of hydrogen-bond acceptors (Lipinski definition) is 2. The van der Waals surface area contributed by atoms with E-state index in [4.69, 9.17) is 0 Å². The van der Waals surface area contributed by atoms with Crippen LogP contribution in [0.15, 0.2) is 60.7 Å². The van der Waals surface area contributed by atoms with E-state index in [1.807, 2.05) is 50.5 Å². The molecule has 1 amide bonds. The Kier molecular flexibility index (Phi) is 5.71. The van der Waals surface area contributed by atoms with E-state index in [2.05, 4.69) is 43.0 Å². The zero-order valence-corrected chi connectivity index (χ0v) is 17.1. The molecule has 0 N–H and O–H groups in total. The maximum absolute atomic E-state index is 13.6. The van der Waals surface area contributed by atoms with Crippen molar-refractivity contribution in [2.24, 2.45) is 0 Å². The molecule has 3 nitrogen and oxygen atoms in total. The molecule has 0 aliphatic carbocycles. The first-order valence-electron chi connectivity index (χ1n) is 9.96. The fourth-order valence-corrected chi connectivity index (χ4v) is 4.52. The lowest BCUT2D eigenvalue weighted by Gasteiger charge is -2.39. The Morgan fingerprint density at radius 1 is 1.00 bits per heavy atom. The number of carbonyl (C=O) groups excluding carboxylic acids is 1. The summed E-state index contributed by atoms with van der Waals surface area (Å²) in [5.41, 5.74) is 1.70. The maximum Gasteiger partial charge on any atom is 0.237 e. The molecule has 0 bridgehead atoms. The number of rotatable bonds is 6. The van der Waals surface area contributed by atoms with Crippen LogP contribution in [0.1, 0.15) is 44.2 Å². The summed E-state index contributed by atoms with van der Waals surface area (Å²) in [6, 6.07) is 20.6. The van der Waals surface area contributed by atoms with Crippen LogP contribution in [-0.4, -0.2) is 48.4 Å². The van der Waals surface area contributed by atoms with Crippen molar-refractivity contribution in [3.8, 4) is 0 Å². The van der Waals surface area contributed by atoms with E-state index >= 15 is 0 Å². The number of amides is 1. The lowest BCUT2D eigenvalue weighted by Crippen LogP contribution is -2.48. The molecule has 144 valence electrons. The lowest BCUT2D eigenvalue weighted by molar-refractivity contribution is -0.133. The van der Waals surface area contributed by atoms with Gasteiger partial charge in [-0.1, -0.05) is 60.7 Å². The molecular formula is C24H32N2O. The van der Waals surface area contributed by atoms with E-state index < -0.39 is 5.41 Å². The molecule has 0 spiro atoms. The minimum absolute atomic E-state index is 0.150. The molecule has 0 radical (unpaired) electrons. The van der Waals surface area contributed by atoms with E-state index in [9.17, 15) is 4.79 Å². The van der Waals surface area contributed by atoms with Gasteiger partial charge in [-0.15, -0.1) is 0 Å². The number of likely N-dealkylation sites (tertiary alicyclic amines) is 1. The van der Waals surface area contributed by atoms with Crippen LogP contribution in [0.4, 0.5) is 0 Å². The topological polar surface area (TPSA) is 23.6 Å². The molecule has 0 atom stereocenters. The van der Waals surface area contributed by atoms with Gasteiger partial charge < -0.3 is 4.90 Å². The highest BCUT2D eigenvalue weighted by Gasteiger charge is 2.44. The summed E-state index contributed by atoms with van der Waals surface area (Å²) in [4.78, 5) is 17.9. The van der Waals surface area contributed by atoms with Crippen LogP contribution in [0.5, 0.6) is 0 Å². The Morgan fingerprint density at radius 3 is 1.93 bits per heavy atom. The number of benzene rings is 2. The summed E-state index contributed by atoms with van der Waals surface area (Å²) in [6.45, 7) is 6.67. The summed E-state index contributed by atoms with van der Waals surface area (Å²) in [5.74, 6) is 0.150. The largest absolute Gasteiger partial charge is 0.348 e. The van der Waals surface area contributed by atoms with Gasteiger partial charge in [0.15, 0.2) is 0 Å². The molecular weight excluding hydrogens is 332 g/mol. The molecule has 0 aromatic heterocycles. The molecule has 2 aromatic rings. The summed E-state index contributed by atoms with van der Waals surface area (Å²) >= 11 is 0. The first kappa shape index (κ1) is 19.6. The molecule has 2 aromatic carbocycles. The maximum atomic E-state index is 13.6. The molecule has 1 saturated heterocycles. The molecule has 27 heavy (non-hydrogen) atoms. The number of likely N-dealkylation sites (N-methyl/N-ethyl adjacent to an activating group) is 1. The Hall–Kier alpha value is -2.13. The molecule has 1 heterocycles. The minimum atomic E-state index is -0.662. The van der Waals surface area contributed by atoms with Crippen LogP contribution in [0, 0.1) is 0 Å². The van der Waals surface area contributed by atoms with E-state index in [-0.39, 0.29) is 11.4 Å². The molecule has 1 fully saturated rings. The third kappa shape index (κ3) is 3.79. The molecule has 3 heteroatoms. The number of hydrogen-bond donors (Lipinski definition) is 0. The Morgan fingerprint density at radius 2 is 1.52 bits per heavy atom. The van der Waals surface area contributed by atoms with Gasteiger partial charge in [-0.25, -0.2) is 0 Å². The van der Waals surface area contributed by atoms with Crippen molar-refractivity contribution in [2.45, 2.75) is 44.1 Å². The van der Waals surface area contributed by atoms with E-state index in [0.717, 1.165) is 30.6 Å². The molecule has 3 rings (SSSR count). The highest BCUT2D eigenvalue weighted by atomic mass is 16.2. The summed E-state index contributed by atoms with van der Waals surface area (Å²) in [6.07, 6.45) is 3.23. The fourth-order valence-electron chi connectivity index (χ4n) is 4.52. The van der Waals surface area contributed by atoms with Crippen LogP contribution in [0.25, 0.3) is 0 Å². The second-order valence-corrected chi connectivity index (χ2v) is 8.49. The van der Waals surface area contributed by atoms with Crippen LogP contribution in [0.2, 0.25) is 0 Å². The normalized spacial score (nSPS) is 17.0. The Labute approximate surface area is 164 Å². The van der Waals surface area contributed by atoms with Gasteiger partial charge in [0.1, 0.15) is 5.41 Å². The first-order valence-corrected chi connectivity index (χ1v) is 9.96. The van der Waals surface area contributed by atoms with E-state index in [1.165, 1.54) is 12.8 Å². The van der Waals surface area contributed by atoms with Crippen LogP contribution >= 0.6 is 0 Å². The number of nitrogens with zero attached hydrogens (tertiary/aromatic N) is 2. The van der Waals surface area contributed by atoms with E-state index in [1.54, 1.807) is 4.90 Å². The van der Waals surface area contributed by atoms with Crippen molar-refractivity contribution in [1.29, 1.82) is 0 Å². The van der Waals surface area contributed by atoms with Crippen molar-refractivity contribution in [1.82, 2.24) is 9.80 Å². The standard InChI is InChI=1S/C24H32N2O/c1-23(2)16-11-18-26(23)19-17-24(22(27)25(3)4,20-12-7-5-8-13-20)21-14-9-6-10-15-21/h5-10,12-15H,11,16-19H2,1-4H3. The Bertz CT molecular complexity index is 713. The molecule has 0 saturated carbocycles. The third-order valence-corrected chi connectivity index (χ3v) is 6.13.